The Bertz CT molecular complexity index is 4080. The first kappa shape index (κ1) is 74.6. The van der Waals surface area contributed by atoms with Crippen LogP contribution in [0.4, 0.5) is 9.59 Å². The number of aromatic amines is 1. The van der Waals surface area contributed by atoms with Gasteiger partial charge < -0.3 is 64.8 Å². The maximum absolute atomic E-state index is 14.4. The first-order valence-electron chi connectivity index (χ1n) is 34.9. The second-order valence-electron chi connectivity index (χ2n) is 28.1. The van der Waals surface area contributed by atoms with Crippen molar-refractivity contribution in [1.82, 2.24) is 51.0 Å². The summed E-state index contributed by atoms with van der Waals surface area (Å²) < 4.78 is 28.1. The molecule has 2 aliphatic carbocycles. The molecule has 2 saturated carbocycles. The Labute approximate surface area is 595 Å². The van der Waals surface area contributed by atoms with Crippen molar-refractivity contribution in [1.29, 1.82) is 0 Å². The molecule has 540 valence electrons. The molecule has 0 bridgehead atoms. The van der Waals surface area contributed by atoms with E-state index in [4.69, 9.17) is 33.7 Å². The van der Waals surface area contributed by atoms with Gasteiger partial charge in [0.25, 0.3) is 5.56 Å². The minimum atomic E-state index is -1.21. The smallest absolute Gasteiger partial charge is 0.408 e. The van der Waals surface area contributed by atoms with Crippen molar-refractivity contribution in [2.45, 2.75) is 204 Å². The first-order valence-corrected chi connectivity index (χ1v) is 36.6. The lowest BCUT2D eigenvalue weighted by atomic mass is 10.0. The second kappa shape index (κ2) is 32.7. The van der Waals surface area contributed by atoms with Crippen molar-refractivity contribution in [3.63, 3.8) is 0 Å². The Morgan fingerprint density at radius 1 is 0.594 bits per heavy atom. The van der Waals surface area contributed by atoms with Gasteiger partial charge in [0.05, 0.1) is 57.7 Å². The SMILES string of the molecule is CCOC(=O)[C@@]12C[C@H]1/C=C\CCCCC[C@H](NC(=O)OC(C)(C)C)C(=O)N1CC(Oc3nc4ccccc4nc3-c3cccs3)C[C@H]1C(=O)N2.CCOC(=O)[C@@]12C[C@H]1/C=C\CCCCC[C@H](NC(=O)OC(C)(C)C)C(=O)N1C[C@@H](O)C[C@H]1C(=O)N2.O=c1[nH]c2ccccc2nc1-c1cccs1. The van der Waals surface area contributed by atoms with E-state index in [2.05, 4.69) is 31.2 Å². The summed E-state index contributed by atoms with van der Waals surface area (Å²) in [6.07, 6.45) is 13.3. The van der Waals surface area contributed by atoms with Gasteiger partial charge in [0, 0.05) is 31.2 Å². The monoisotopic (exact) mass is 1420 g/mol. The minimum absolute atomic E-state index is 0.0286. The van der Waals surface area contributed by atoms with E-state index in [1.54, 1.807) is 55.4 Å². The molecule has 0 radical (unpaired) electrons. The van der Waals surface area contributed by atoms with E-state index in [-0.39, 0.29) is 56.5 Å². The van der Waals surface area contributed by atoms with Crippen molar-refractivity contribution >= 4 is 92.5 Å². The number of ether oxygens (including phenoxy) is 5. The maximum atomic E-state index is 14.4. The van der Waals surface area contributed by atoms with Crippen LogP contribution < -0.4 is 31.6 Å². The number of benzene rings is 2. The molecule has 6 aliphatic rings. The van der Waals surface area contributed by atoms with Gasteiger partial charge in [-0.25, -0.2) is 34.1 Å². The number of thiophene rings is 2. The zero-order valence-corrected chi connectivity index (χ0v) is 60.1. The number of aliphatic hydroxyl groups is 1. The molecule has 4 fully saturated rings. The van der Waals surface area contributed by atoms with Gasteiger partial charge in [-0.15, -0.1) is 22.7 Å². The molecule has 2 saturated heterocycles. The summed E-state index contributed by atoms with van der Waals surface area (Å²) in [5, 5.41) is 25.5. The minimum Gasteiger partial charge on any atom is -0.471 e. The second-order valence-corrected chi connectivity index (χ2v) is 30.0. The lowest BCUT2D eigenvalue weighted by molar-refractivity contribution is -0.150. The summed E-state index contributed by atoms with van der Waals surface area (Å²) in [5.74, 6) is -2.93. The van der Waals surface area contributed by atoms with Gasteiger partial charge in [-0.1, -0.05) is 86.4 Å². The number of carbonyl (C=O) groups excluding carboxylic acids is 8. The van der Waals surface area contributed by atoms with Crippen LogP contribution in [0.15, 0.2) is 113 Å². The Kier molecular flexibility index (Phi) is 24.2. The van der Waals surface area contributed by atoms with Crippen molar-refractivity contribution in [3.05, 3.63) is 118 Å². The number of para-hydroxylation sites is 4. The van der Waals surface area contributed by atoms with Crippen LogP contribution in [-0.4, -0.2) is 168 Å². The van der Waals surface area contributed by atoms with Crippen LogP contribution >= 0.6 is 22.7 Å². The fraction of sp³-hybridized carbons (Fsp3) is 0.514. The highest BCUT2D eigenvalue weighted by molar-refractivity contribution is 7.13. The molecule has 1 unspecified atom stereocenters. The van der Waals surface area contributed by atoms with E-state index >= 15 is 0 Å². The van der Waals surface area contributed by atoms with Crippen molar-refractivity contribution < 1.29 is 67.1 Å². The molecule has 6 amide bonds. The molecular weight excluding hydrogens is 1330 g/mol. The van der Waals surface area contributed by atoms with Crippen molar-refractivity contribution in [2.75, 3.05) is 26.3 Å². The molecule has 4 aromatic heterocycles. The maximum Gasteiger partial charge on any atom is 0.408 e. The molecule has 0 spiro atoms. The predicted molar refractivity (Wildman–Crippen MR) is 381 cm³/mol. The summed E-state index contributed by atoms with van der Waals surface area (Å²) >= 11 is 3.02. The largest absolute Gasteiger partial charge is 0.471 e. The summed E-state index contributed by atoms with van der Waals surface area (Å²) in [6.45, 7) is 14.3. The van der Waals surface area contributed by atoms with Gasteiger partial charge in [0.15, 0.2) is 0 Å². The average Bonchev–Trinajstić information content (AvgIpc) is 1.58. The van der Waals surface area contributed by atoms with E-state index < -0.39 is 106 Å². The number of allylic oxidation sites excluding steroid dienone is 2. The summed E-state index contributed by atoms with van der Waals surface area (Å²) in [5.41, 5.74) is 0.0128. The number of aliphatic hydroxyl groups excluding tert-OH is 1. The van der Waals surface area contributed by atoms with Crippen LogP contribution in [0.2, 0.25) is 0 Å². The van der Waals surface area contributed by atoms with E-state index in [9.17, 15) is 48.3 Å². The van der Waals surface area contributed by atoms with E-state index in [0.717, 1.165) is 59.3 Å². The van der Waals surface area contributed by atoms with Crippen LogP contribution in [0, 0.1) is 11.8 Å². The van der Waals surface area contributed by atoms with E-state index in [1.165, 1.54) is 32.5 Å². The predicted octanol–water partition coefficient (Wildman–Crippen LogP) is 10.0. The Morgan fingerprint density at radius 3 is 1.57 bits per heavy atom. The third-order valence-corrected chi connectivity index (χ3v) is 19.8. The normalized spacial score (nSPS) is 26.1. The molecule has 27 heteroatoms. The van der Waals surface area contributed by atoms with Gasteiger partial charge in [-0.05, 0) is 154 Å². The third-order valence-electron chi connectivity index (χ3n) is 18.1. The molecule has 2 aromatic carbocycles. The fourth-order valence-electron chi connectivity index (χ4n) is 13.0. The number of aromatic nitrogens is 4. The number of rotatable bonds is 10. The highest BCUT2D eigenvalue weighted by atomic mass is 32.1. The van der Waals surface area contributed by atoms with Gasteiger partial charge in [-0.2, -0.15) is 0 Å². The van der Waals surface area contributed by atoms with Crippen LogP contribution in [-0.2, 0) is 47.7 Å². The highest BCUT2D eigenvalue weighted by Crippen LogP contribution is 2.48. The van der Waals surface area contributed by atoms with E-state index in [1.807, 2.05) is 108 Å². The number of carbonyl (C=O) groups is 8. The number of fused-ring (bicyclic) bond motifs is 6. The number of esters is 2. The van der Waals surface area contributed by atoms with Crippen LogP contribution in [0.5, 0.6) is 5.88 Å². The zero-order chi connectivity index (χ0) is 72.2. The fourth-order valence-corrected chi connectivity index (χ4v) is 14.4. The number of amides is 6. The van der Waals surface area contributed by atoms with Crippen molar-refractivity contribution in [2.24, 2.45) is 11.8 Å². The lowest BCUT2D eigenvalue weighted by Gasteiger charge is -2.30. The summed E-state index contributed by atoms with van der Waals surface area (Å²) in [6, 6.07) is 18.9. The first-order chi connectivity index (χ1) is 48.3. The molecular formula is C74H92N10O15S2. The highest BCUT2D eigenvalue weighted by Gasteiger charge is 2.63. The standard InChI is InChI=1S/C37H45N5O7S.C25H39N3O7.C12H8N2OS/c1-5-47-34(45)37-21-23(37)14-9-7-6-8-10-17-27(40-35(46)49-36(2,3)4)33(44)42-22-24(20-28(42)31(43)41-37)48-32-30(29-18-13-19-50-29)38-25-15-11-12-16-26(25)39-32;1-5-34-22(32)25-14-16(25)11-9-7-6-8-10-12-18(26-23(33)35-24(2,3)4)21(31)28-15-17(29)13-19(28)20(30)27-25;15-12-11(10-6-3-7-16-10)13-8-4-1-2-5-9(8)14-12/h9,11-16,18-19,23-24,27-28H,5-8,10,17,20-22H2,1-4H3,(H,40,46)(H,41,43);9,11,16-19,29H,5-8,10,12-15H2,1-4H3,(H,26,33)(H,27,30);1-7H,(H,14,15)/b14-9-;11-9-;/t23-,24?,27+,28+,37-;16-,17+,18+,19+,25-;/m11./s1. The molecule has 4 aliphatic heterocycles. The van der Waals surface area contributed by atoms with Crippen LogP contribution in [0.25, 0.3) is 43.2 Å². The Balaban J connectivity index is 0.000000185. The van der Waals surface area contributed by atoms with Gasteiger partial charge in [0.1, 0.15) is 63.9 Å². The number of hydrogen-bond acceptors (Lipinski definition) is 20. The van der Waals surface area contributed by atoms with Gasteiger partial charge in [-0.3, -0.25) is 24.0 Å². The summed E-state index contributed by atoms with van der Waals surface area (Å²) in [4.78, 5) is 140. The van der Waals surface area contributed by atoms with Gasteiger partial charge in [0.2, 0.25) is 29.5 Å². The number of alkyl carbamates (subject to hydrolysis) is 2. The molecule has 12 rings (SSSR count). The van der Waals surface area contributed by atoms with Gasteiger partial charge >= 0.3 is 24.1 Å². The van der Waals surface area contributed by atoms with Crippen molar-refractivity contribution in [3.8, 4) is 27.0 Å². The molecule has 8 heterocycles. The molecule has 25 nitrogen and oxygen atoms in total. The summed E-state index contributed by atoms with van der Waals surface area (Å²) in [7, 11) is 0. The topological polar surface area (TPSA) is 329 Å². The number of nitrogens with one attached hydrogen (secondary N) is 5. The number of hydrogen-bond donors (Lipinski definition) is 6. The average molecular weight is 1430 g/mol. The van der Waals surface area contributed by atoms with Crippen LogP contribution in [0.1, 0.15) is 145 Å². The molecule has 6 N–H and O–H groups in total. The zero-order valence-electron chi connectivity index (χ0n) is 58.5. The lowest BCUT2D eigenvalue weighted by Crippen LogP contribution is -2.56. The van der Waals surface area contributed by atoms with Crippen LogP contribution in [0.3, 0.4) is 0 Å². The molecule has 101 heavy (non-hydrogen) atoms. The Hall–Kier alpha value is -9.08. The molecule has 6 aromatic rings. The quantitative estimate of drug-likeness (QED) is 0.0422. The third kappa shape index (κ3) is 18.9. The Morgan fingerprint density at radius 2 is 1.07 bits per heavy atom. The number of nitrogens with zero attached hydrogens (tertiary/aromatic N) is 5. The molecule has 10 atom stereocenters. The van der Waals surface area contributed by atoms with E-state index in [0.29, 0.717) is 66.8 Å². The number of H-pyrrole nitrogens is 1.